The maximum absolute atomic E-state index is 12.6. The van der Waals surface area contributed by atoms with Crippen molar-refractivity contribution in [2.75, 3.05) is 11.5 Å². The molecule has 122 valence electrons. The molecule has 2 aliphatic heterocycles. The van der Waals surface area contributed by atoms with Crippen molar-refractivity contribution >= 4 is 73.3 Å². The SMILES string of the molecule is O=C1/C(=C\c2ccc(Cl)c(Cl)c2)SC(=S)N1[C@@H]1CCS(=O)(=O)C1. The van der Waals surface area contributed by atoms with Crippen LogP contribution in [0.3, 0.4) is 0 Å². The lowest BCUT2D eigenvalue weighted by molar-refractivity contribution is -0.123. The Balaban J connectivity index is 1.86. The van der Waals surface area contributed by atoms with Gasteiger partial charge in [-0.3, -0.25) is 9.69 Å². The molecule has 2 saturated heterocycles. The zero-order chi connectivity index (χ0) is 16.8. The number of carbonyl (C=O) groups excluding carboxylic acids is 1. The Labute approximate surface area is 153 Å². The Kier molecular flexibility index (Phi) is 4.77. The van der Waals surface area contributed by atoms with Gasteiger partial charge < -0.3 is 0 Å². The molecule has 9 heteroatoms. The van der Waals surface area contributed by atoms with Gasteiger partial charge in [-0.15, -0.1) is 0 Å². The van der Waals surface area contributed by atoms with Crippen molar-refractivity contribution in [3.63, 3.8) is 0 Å². The molecule has 4 nitrogen and oxygen atoms in total. The zero-order valence-electron chi connectivity index (χ0n) is 11.7. The Morgan fingerprint density at radius 3 is 2.65 bits per heavy atom. The molecule has 0 aromatic heterocycles. The summed E-state index contributed by atoms with van der Waals surface area (Å²) in [4.78, 5) is 14.4. The zero-order valence-corrected chi connectivity index (χ0v) is 15.6. The third kappa shape index (κ3) is 3.58. The molecule has 3 rings (SSSR count). The average molecular weight is 408 g/mol. The number of nitrogens with zero attached hydrogens (tertiary/aromatic N) is 1. The van der Waals surface area contributed by atoms with E-state index in [1.54, 1.807) is 24.3 Å². The van der Waals surface area contributed by atoms with E-state index in [1.807, 2.05) is 0 Å². The van der Waals surface area contributed by atoms with Crippen LogP contribution in [0, 0.1) is 0 Å². The predicted octanol–water partition coefficient (Wildman–Crippen LogP) is 3.38. The van der Waals surface area contributed by atoms with Crippen LogP contribution in [-0.4, -0.2) is 41.1 Å². The largest absolute Gasteiger partial charge is 0.289 e. The summed E-state index contributed by atoms with van der Waals surface area (Å²) in [6.45, 7) is 0. The summed E-state index contributed by atoms with van der Waals surface area (Å²) in [6, 6.07) is 4.70. The van der Waals surface area contributed by atoms with Gasteiger partial charge in [0, 0.05) is 0 Å². The number of halogens is 2. The average Bonchev–Trinajstić information content (AvgIpc) is 2.94. The Morgan fingerprint density at radius 2 is 2.04 bits per heavy atom. The number of sulfone groups is 1. The number of hydrogen-bond donors (Lipinski definition) is 0. The van der Waals surface area contributed by atoms with E-state index in [-0.39, 0.29) is 23.5 Å². The molecule has 0 saturated carbocycles. The minimum absolute atomic E-state index is 0.0283. The van der Waals surface area contributed by atoms with Crippen molar-refractivity contribution in [2.45, 2.75) is 12.5 Å². The number of benzene rings is 1. The topological polar surface area (TPSA) is 54.5 Å². The molecule has 0 radical (unpaired) electrons. The lowest BCUT2D eigenvalue weighted by Crippen LogP contribution is -2.39. The van der Waals surface area contributed by atoms with E-state index in [2.05, 4.69) is 0 Å². The van der Waals surface area contributed by atoms with E-state index < -0.39 is 9.84 Å². The molecule has 1 amide bonds. The minimum atomic E-state index is -3.08. The van der Waals surface area contributed by atoms with E-state index in [9.17, 15) is 13.2 Å². The second-order valence-corrected chi connectivity index (χ2v) is 10.0. The fraction of sp³-hybridized carbons (Fsp3) is 0.286. The van der Waals surface area contributed by atoms with Gasteiger partial charge in [0.1, 0.15) is 4.32 Å². The maximum Gasteiger partial charge on any atom is 0.266 e. The predicted molar refractivity (Wildman–Crippen MR) is 98.5 cm³/mol. The molecule has 0 aliphatic carbocycles. The first-order valence-corrected chi connectivity index (χ1v) is 10.5. The molecule has 2 heterocycles. The van der Waals surface area contributed by atoms with E-state index in [0.29, 0.717) is 25.7 Å². The Morgan fingerprint density at radius 1 is 1.30 bits per heavy atom. The summed E-state index contributed by atoms with van der Waals surface area (Å²) < 4.78 is 23.6. The van der Waals surface area contributed by atoms with Crippen LogP contribution in [-0.2, 0) is 14.6 Å². The van der Waals surface area contributed by atoms with E-state index in [1.165, 1.54) is 16.7 Å². The highest BCUT2D eigenvalue weighted by Gasteiger charge is 2.42. The third-order valence-electron chi connectivity index (χ3n) is 3.64. The van der Waals surface area contributed by atoms with Crippen LogP contribution in [0.25, 0.3) is 6.08 Å². The number of rotatable bonds is 2. The highest BCUT2D eigenvalue weighted by atomic mass is 35.5. The summed E-state index contributed by atoms with van der Waals surface area (Å²) in [5, 5.41) is 0.838. The van der Waals surface area contributed by atoms with Crippen LogP contribution < -0.4 is 0 Å². The Hall–Kier alpha value is -0.600. The molecule has 23 heavy (non-hydrogen) atoms. The lowest BCUT2D eigenvalue weighted by atomic mass is 10.2. The van der Waals surface area contributed by atoms with Crippen molar-refractivity contribution in [3.05, 3.63) is 38.7 Å². The summed E-state index contributed by atoms with van der Waals surface area (Å²) in [5.74, 6) is -0.187. The molecule has 2 fully saturated rings. The van der Waals surface area contributed by atoms with Gasteiger partial charge in [0.05, 0.1) is 32.5 Å². The fourth-order valence-electron chi connectivity index (χ4n) is 2.53. The van der Waals surface area contributed by atoms with Crippen LogP contribution in [0.5, 0.6) is 0 Å². The molecule has 0 N–H and O–H groups in total. The van der Waals surface area contributed by atoms with Crippen LogP contribution in [0.1, 0.15) is 12.0 Å². The van der Waals surface area contributed by atoms with Crippen molar-refractivity contribution in [2.24, 2.45) is 0 Å². The Bertz CT molecular complexity index is 836. The second kappa shape index (κ2) is 6.37. The summed E-state index contributed by atoms with van der Waals surface area (Å²) >= 11 is 18.3. The monoisotopic (exact) mass is 407 g/mol. The summed E-state index contributed by atoms with van der Waals surface area (Å²) in [7, 11) is -3.08. The van der Waals surface area contributed by atoms with E-state index in [0.717, 1.165) is 5.56 Å². The fourth-order valence-corrected chi connectivity index (χ4v) is 5.93. The van der Waals surface area contributed by atoms with Gasteiger partial charge in [-0.25, -0.2) is 8.42 Å². The second-order valence-electron chi connectivity index (χ2n) is 5.28. The van der Waals surface area contributed by atoms with Gasteiger partial charge in [-0.05, 0) is 30.2 Å². The number of thiocarbonyl (C=S) groups is 1. The van der Waals surface area contributed by atoms with Crippen molar-refractivity contribution in [3.8, 4) is 0 Å². The van der Waals surface area contributed by atoms with E-state index >= 15 is 0 Å². The molecule has 1 atom stereocenters. The van der Waals surface area contributed by atoms with Crippen LogP contribution in [0.4, 0.5) is 0 Å². The maximum atomic E-state index is 12.6. The van der Waals surface area contributed by atoms with Crippen LogP contribution in [0.2, 0.25) is 10.0 Å². The number of carbonyl (C=O) groups is 1. The first-order valence-electron chi connectivity index (χ1n) is 6.69. The smallest absolute Gasteiger partial charge is 0.266 e. The summed E-state index contributed by atoms with van der Waals surface area (Å²) in [5.41, 5.74) is 0.735. The molecule has 0 unspecified atom stereocenters. The van der Waals surface area contributed by atoms with Crippen molar-refractivity contribution in [1.29, 1.82) is 0 Å². The molecule has 0 spiro atoms. The molecule has 0 bridgehead atoms. The molecule has 1 aromatic carbocycles. The molecular formula is C14H11Cl2NO3S3. The standard InChI is InChI=1S/C14H11Cl2NO3S3/c15-10-2-1-8(5-11(10)16)6-12-13(18)17(14(21)22-12)9-3-4-23(19,20)7-9/h1-2,5-6,9H,3-4,7H2/b12-6+/t9-/m1/s1. The first-order chi connectivity index (χ1) is 10.8. The third-order valence-corrected chi connectivity index (χ3v) is 7.46. The van der Waals surface area contributed by atoms with Crippen molar-refractivity contribution < 1.29 is 13.2 Å². The summed E-state index contributed by atoms with van der Waals surface area (Å²) in [6.07, 6.45) is 2.11. The van der Waals surface area contributed by atoms with Crippen LogP contribution in [0.15, 0.2) is 23.1 Å². The molecular weight excluding hydrogens is 397 g/mol. The number of amides is 1. The molecule has 2 aliphatic rings. The van der Waals surface area contributed by atoms with Crippen LogP contribution >= 0.6 is 47.2 Å². The van der Waals surface area contributed by atoms with Gasteiger partial charge >= 0.3 is 0 Å². The first kappa shape index (κ1) is 17.2. The lowest BCUT2D eigenvalue weighted by Gasteiger charge is -2.20. The molecule has 1 aromatic rings. The highest BCUT2D eigenvalue weighted by molar-refractivity contribution is 8.26. The highest BCUT2D eigenvalue weighted by Crippen LogP contribution is 2.36. The quantitative estimate of drug-likeness (QED) is 0.555. The van der Waals surface area contributed by atoms with Crippen molar-refractivity contribution in [1.82, 2.24) is 4.90 Å². The van der Waals surface area contributed by atoms with Gasteiger partial charge in [-0.1, -0.05) is 53.2 Å². The van der Waals surface area contributed by atoms with Gasteiger partial charge in [0.25, 0.3) is 5.91 Å². The van der Waals surface area contributed by atoms with Gasteiger partial charge in [0.2, 0.25) is 0 Å². The minimum Gasteiger partial charge on any atom is -0.289 e. The van der Waals surface area contributed by atoms with E-state index in [4.69, 9.17) is 35.4 Å². The normalized spacial score (nSPS) is 25.6. The van der Waals surface area contributed by atoms with Gasteiger partial charge in [0.15, 0.2) is 9.84 Å². The van der Waals surface area contributed by atoms with Gasteiger partial charge in [-0.2, -0.15) is 0 Å². The number of hydrogen-bond acceptors (Lipinski definition) is 5. The number of thioether (sulfide) groups is 1.